The van der Waals surface area contributed by atoms with Crippen molar-refractivity contribution in [2.45, 2.75) is 97.3 Å². The predicted molar refractivity (Wildman–Crippen MR) is 245 cm³/mol. The lowest BCUT2D eigenvalue weighted by molar-refractivity contribution is -0.125. The molecule has 304 valence electrons. The second-order valence-electron chi connectivity index (χ2n) is 17.7. The van der Waals surface area contributed by atoms with Crippen LogP contribution in [0.25, 0.3) is 21.5 Å². The molecule has 59 heavy (non-hydrogen) atoms. The Labute approximate surface area is 350 Å². The van der Waals surface area contributed by atoms with E-state index in [2.05, 4.69) is 163 Å². The number of benzene rings is 4. The monoisotopic (exact) mass is 787 g/mol. The van der Waals surface area contributed by atoms with Crippen LogP contribution in [-0.4, -0.2) is 59.6 Å². The van der Waals surface area contributed by atoms with E-state index >= 15 is 0 Å². The molecule has 7 nitrogen and oxygen atoms in total. The molecule has 1 saturated heterocycles. The van der Waals surface area contributed by atoms with Gasteiger partial charge in [0.1, 0.15) is 0 Å². The number of fused-ring (bicyclic) bond motifs is 6. The summed E-state index contributed by atoms with van der Waals surface area (Å²) < 4.78 is 0. The second-order valence-corrected chi connectivity index (χ2v) is 17.7. The summed E-state index contributed by atoms with van der Waals surface area (Å²) in [7, 11) is 4.28. The van der Waals surface area contributed by atoms with Crippen molar-refractivity contribution < 1.29 is 14.4 Å². The van der Waals surface area contributed by atoms with Crippen LogP contribution in [0.4, 0.5) is 16.2 Å². The van der Waals surface area contributed by atoms with Gasteiger partial charge in [0.05, 0.1) is 0 Å². The number of nitrogens with zero attached hydrogens (tertiary/aromatic N) is 4. The fourth-order valence-corrected chi connectivity index (χ4v) is 10.3. The maximum absolute atomic E-state index is 14.8. The summed E-state index contributed by atoms with van der Waals surface area (Å²) in [5, 5.41) is 4.95. The van der Waals surface area contributed by atoms with Gasteiger partial charge in [0.15, 0.2) is 5.57 Å². The van der Waals surface area contributed by atoms with Crippen LogP contribution in [0.2, 0.25) is 0 Å². The summed E-state index contributed by atoms with van der Waals surface area (Å²) in [4.78, 5) is 48.3. The van der Waals surface area contributed by atoms with Crippen molar-refractivity contribution in [3.63, 3.8) is 0 Å². The lowest BCUT2D eigenvalue weighted by Crippen LogP contribution is -2.57. The Morgan fingerprint density at radius 2 is 1.07 bits per heavy atom. The Morgan fingerprint density at radius 3 is 1.54 bits per heavy atom. The third kappa shape index (κ3) is 6.54. The Kier molecular flexibility index (Phi) is 10.5. The smallest absolute Gasteiger partial charge is 0.347 e. The summed E-state index contributed by atoms with van der Waals surface area (Å²) in [6.07, 6.45) is 14.3. The quantitative estimate of drug-likeness (QED) is 0.101. The summed E-state index contributed by atoms with van der Waals surface area (Å²) in [5.74, 6) is -0.651. The number of unbranched alkanes of at least 4 members (excludes halogenated alkanes) is 2. The average Bonchev–Trinajstić information content (AvgIpc) is 3.55. The van der Waals surface area contributed by atoms with Crippen LogP contribution in [0, 0.1) is 0 Å². The van der Waals surface area contributed by atoms with Crippen LogP contribution in [0.15, 0.2) is 131 Å². The molecule has 0 spiro atoms. The summed E-state index contributed by atoms with van der Waals surface area (Å²) in [6.45, 7) is 13.9. The minimum atomic E-state index is -0.437. The fraction of sp³-hybridized carbons (Fsp3) is 0.365. The van der Waals surface area contributed by atoms with Gasteiger partial charge in [0, 0.05) is 66.4 Å². The Morgan fingerprint density at radius 1 is 0.610 bits per heavy atom. The first kappa shape index (κ1) is 40.1. The Bertz CT molecular complexity index is 2390. The van der Waals surface area contributed by atoms with E-state index in [0.717, 1.165) is 60.2 Å². The Hall–Kier alpha value is -5.69. The molecule has 2 fully saturated rings. The number of amides is 4. The average molecular weight is 788 g/mol. The number of hydrogen-bond donors (Lipinski definition) is 0. The first-order valence-corrected chi connectivity index (χ1v) is 21.6. The number of hydrogen-bond acceptors (Lipinski definition) is 4. The van der Waals surface area contributed by atoms with Crippen molar-refractivity contribution in [2.75, 3.05) is 37.0 Å². The van der Waals surface area contributed by atoms with E-state index in [-0.39, 0.29) is 22.3 Å². The Balaban J connectivity index is 1.30. The highest BCUT2D eigenvalue weighted by atomic mass is 16.2. The normalized spacial score (nSPS) is 22.9. The highest BCUT2D eigenvalue weighted by Crippen LogP contribution is 2.52. The third-order valence-corrected chi connectivity index (χ3v) is 13.3. The van der Waals surface area contributed by atoms with Crippen LogP contribution in [-0.2, 0) is 15.6 Å². The van der Waals surface area contributed by atoms with Gasteiger partial charge in [-0.25, -0.2) is 9.69 Å². The van der Waals surface area contributed by atoms with Crippen molar-refractivity contribution in [1.82, 2.24) is 9.80 Å². The van der Waals surface area contributed by atoms with Gasteiger partial charge in [-0.2, -0.15) is 0 Å². The molecule has 4 amide bonds. The van der Waals surface area contributed by atoms with Gasteiger partial charge in [-0.3, -0.25) is 14.5 Å². The molecule has 3 heterocycles. The SMILES string of the molecule is CCCCN1C(=O)C(=C2/C(=C/C=C3N(C)c4ccc5ccccc5c4C3(C)C)CCC/C2=C\C=C2\N(C)c3ccc4ccccc4c3C2(C)C)C(=[OH+])N(CCCC)C1=O. The molecular formula is C52H59N4O3+. The van der Waals surface area contributed by atoms with Crippen molar-refractivity contribution in [3.05, 3.63) is 142 Å². The molecule has 0 aromatic heterocycles. The lowest BCUT2D eigenvalue weighted by Gasteiger charge is -2.34. The van der Waals surface area contributed by atoms with Crippen LogP contribution < -0.4 is 9.80 Å². The molecule has 7 heteroatoms. The zero-order chi connectivity index (χ0) is 41.8. The van der Waals surface area contributed by atoms with Crippen LogP contribution in [0.5, 0.6) is 0 Å². The molecule has 0 radical (unpaired) electrons. The molecule has 8 rings (SSSR count). The molecule has 1 aliphatic carbocycles. The zero-order valence-electron chi connectivity index (χ0n) is 36.2. The highest BCUT2D eigenvalue weighted by Gasteiger charge is 2.49. The van der Waals surface area contributed by atoms with E-state index in [0.29, 0.717) is 25.9 Å². The van der Waals surface area contributed by atoms with Gasteiger partial charge < -0.3 is 9.80 Å². The minimum absolute atomic E-state index is 0.229. The second kappa shape index (κ2) is 15.5. The van der Waals surface area contributed by atoms with Crippen molar-refractivity contribution in [3.8, 4) is 0 Å². The van der Waals surface area contributed by atoms with E-state index in [9.17, 15) is 14.4 Å². The molecular weight excluding hydrogens is 729 g/mol. The molecule has 0 atom stereocenters. The maximum Gasteiger partial charge on any atom is 0.438 e. The number of carbonyl (C=O) groups excluding carboxylic acids is 3. The van der Waals surface area contributed by atoms with Gasteiger partial charge in [0.25, 0.3) is 5.91 Å². The number of likely N-dealkylation sites (N-methyl/N-ethyl adjacent to an activating group) is 2. The van der Waals surface area contributed by atoms with Crippen LogP contribution in [0.3, 0.4) is 0 Å². The molecule has 4 aromatic rings. The first-order chi connectivity index (χ1) is 28.3. The van der Waals surface area contributed by atoms with Crippen molar-refractivity contribution in [1.29, 1.82) is 0 Å². The molecule has 3 aliphatic heterocycles. The van der Waals surface area contributed by atoms with Crippen LogP contribution >= 0.6 is 0 Å². The van der Waals surface area contributed by atoms with Gasteiger partial charge >= 0.3 is 11.9 Å². The number of barbiturate groups is 1. The summed E-state index contributed by atoms with van der Waals surface area (Å²) in [6, 6.07) is 25.6. The molecule has 0 bridgehead atoms. The zero-order valence-corrected chi connectivity index (χ0v) is 36.2. The molecule has 4 aromatic carbocycles. The molecule has 1 N–H and O–H groups in total. The number of allylic oxidation sites excluding steroid dienone is 9. The van der Waals surface area contributed by atoms with E-state index < -0.39 is 11.9 Å². The number of rotatable bonds is 8. The topological polar surface area (TPSA) is 68.5 Å². The van der Waals surface area contributed by atoms with Gasteiger partial charge in [-0.15, -0.1) is 0 Å². The van der Waals surface area contributed by atoms with E-state index in [1.165, 1.54) is 53.8 Å². The first-order valence-electron chi connectivity index (χ1n) is 21.6. The molecule has 0 unspecified atom stereocenters. The molecule has 1 saturated carbocycles. The largest absolute Gasteiger partial charge is 0.438 e. The lowest BCUT2D eigenvalue weighted by atomic mass is 9.78. The predicted octanol–water partition coefficient (Wildman–Crippen LogP) is 11.6. The molecule has 4 aliphatic rings. The van der Waals surface area contributed by atoms with E-state index in [1.807, 2.05) is 0 Å². The summed E-state index contributed by atoms with van der Waals surface area (Å²) >= 11 is 0. The van der Waals surface area contributed by atoms with Gasteiger partial charge in [-0.1, -0.05) is 127 Å². The van der Waals surface area contributed by atoms with Crippen molar-refractivity contribution in [2.24, 2.45) is 0 Å². The highest BCUT2D eigenvalue weighted by molar-refractivity contribution is 6.30. The van der Waals surface area contributed by atoms with E-state index in [1.54, 1.807) is 0 Å². The van der Waals surface area contributed by atoms with Gasteiger partial charge in [0.2, 0.25) is 0 Å². The third-order valence-electron chi connectivity index (χ3n) is 13.3. The number of anilines is 2. The fourth-order valence-electron chi connectivity index (χ4n) is 10.3. The summed E-state index contributed by atoms with van der Waals surface area (Å²) in [5.41, 5.74) is 9.67. The number of imide groups is 2. The maximum atomic E-state index is 14.8. The standard InChI is InChI=1S/C52H58N4O3/c1-9-11-32-55-48(57)45(49(58)56(50(55)59)33-12-10-2)44-36(26-30-42-51(3,4)46-38-22-15-13-18-34(38)24-28-40(46)53(42)7)20-17-21-37(44)27-31-43-52(5,6)47-39-23-16-14-19-35(39)25-29-41(47)54(43)8/h13-16,18-19,22-31H,9-12,17,20-21,32-33H2,1-8H3/p+1/b36-26+,37-27+,42-30+,43-31?. The number of urea groups is 1. The van der Waals surface area contributed by atoms with Crippen LogP contribution in [0.1, 0.15) is 97.6 Å². The minimum Gasteiger partial charge on any atom is -0.347 e. The number of carbonyl (C=O) groups is 2. The van der Waals surface area contributed by atoms with E-state index in [4.69, 9.17) is 0 Å². The van der Waals surface area contributed by atoms with Gasteiger partial charge in [-0.05, 0) is 100 Å². The van der Waals surface area contributed by atoms with Crippen molar-refractivity contribution >= 4 is 50.8 Å².